The number of nitrogens with zero attached hydrogens (tertiary/aromatic N) is 2. The Morgan fingerprint density at radius 3 is 2.22 bits per heavy atom. The molecular formula is C25H24N2OS4. The van der Waals surface area contributed by atoms with Crippen molar-refractivity contribution in [2.75, 3.05) is 6.54 Å². The molecule has 0 unspecified atom stereocenters. The summed E-state index contributed by atoms with van der Waals surface area (Å²) < 4.78 is 5.69. The van der Waals surface area contributed by atoms with Crippen LogP contribution in [0.25, 0.3) is 36.9 Å². The number of hydrogen-bond donors (Lipinski definition) is 0. The van der Waals surface area contributed by atoms with Crippen LogP contribution in [0, 0.1) is 20.8 Å². The quantitative estimate of drug-likeness (QED) is 0.213. The highest BCUT2D eigenvalue weighted by atomic mass is 32.2. The van der Waals surface area contributed by atoms with Crippen LogP contribution < -0.4 is 0 Å². The van der Waals surface area contributed by atoms with Crippen molar-refractivity contribution in [3.8, 4) is 10.4 Å². The Morgan fingerprint density at radius 2 is 1.59 bits per heavy atom. The number of thiophene rings is 2. The smallest absolute Gasteiger partial charge is 0.266 e. The molecule has 0 bridgehead atoms. The normalized spacial score (nSPS) is 15.9. The number of fused-ring (bicyclic) bond motifs is 3. The summed E-state index contributed by atoms with van der Waals surface area (Å²) in [6, 6.07) is 9.11. The van der Waals surface area contributed by atoms with E-state index in [1.165, 1.54) is 59.3 Å². The minimum atomic E-state index is 0.0211. The second kappa shape index (κ2) is 8.13. The maximum absolute atomic E-state index is 12.6. The first-order chi connectivity index (χ1) is 15.3. The number of hydrogen-bond acceptors (Lipinski definition) is 5. The molecular weight excluding hydrogens is 473 g/mol. The Labute approximate surface area is 205 Å². The molecule has 3 aromatic heterocycles. The van der Waals surface area contributed by atoms with Crippen molar-refractivity contribution < 1.29 is 4.79 Å². The number of benzene rings is 1. The van der Waals surface area contributed by atoms with Crippen LogP contribution in [0.3, 0.4) is 0 Å². The van der Waals surface area contributed by atoms with E-state index in [0.29, 0.717) is 10.9 Å². The number of thiocarbonyl (C=S) groups is 1. The zero-order valence-electron chi connectivity index (χ0n) is 18.7. The van der Waals surface area contributed by atoms with Crippen molar-refractivity contribution >= 4 is 83.4 Å². The van der Waals surface area contributed by atoms with Crippen LogP contribution in [0.4, 0.5) is 0 Å². The Hall–Kier alpha value is -1.93. The standard InChI is InChI=1S/C25H24N2OS4/c1-6-26-17-10-16(11-20-24(28)27(7-2)25(29)32-20)30-22(17)23-18(26)12-19(31-23)21-14(4)8-13(3)9-15(21)5/h8-12H,6-7H2,1-5H3/b20-11+. The summed E-state index contributed by atoms with van der Waals surface area (Å²) in [5.74, 6) is 0.0211. The largest absolute Gasteiger partial charge is 0.339 e. The van der Waals surface area contributed by atoms with Gasteiger partial charge in [0.1, 0.15) is 4.32 Å². The van der Waals surface area contributed by atoms with Gasteiger partial charge in [0.05, 0.1) is 25.3 Å². The Kier molecular flexibility index (Phi) is 5.56. The lowest BCUT2D eigenvalue weighted by Gasteiger charge is -2.09. The fraction of sp³-hybridized carbons (Fsp3) is 0.280. The molecule has 4 heterocycles. The van der Waals surface area contributed by atoms with Gasteiger partial charge in [0.2, 0.25) is 0 Å². The van der Waals surface area contributed by atoms with Crippen LogP contribution in [0.15, 0.2) is 29.2 Å². The highest BCUT2D eigenvalue weighted by Gasteiger charge is 2.31. The Morgan fingerprint density at radius 1 is 0.938 bits per heavy atom. The van der Waals surface area contributed by atoms with Gasteiger partial charge in [0.25, 0.3) is 5.91 Å². The van der Waals surface area contributed by atoms with Crippen LogP contribution in [0.1, 0.15) is 35.4 Å². The summed E-state index contributed by atoms with van der Waals surface area (Å²) in [4.78, 5) is 17.5. The first-order valence-corrected chi connectivity index (χ1v) is 13.6. The number of thioether (sulfide) groups is 1. The van der Waals surface area contributed by atoms with Crippen LogP contribution in [0.5, 0.6) is 0 Å². The number of aromatic nitrogens is 1. The summed E-state index contributed by atoms with van der Waals surface area (Å²) in [5, 5.41) is 0. The van der Waals surface area contributed by atoms with E-state index in [0.717, 1.165) is 16.3 Å². The van der Waals surface area contributed by atoms with Crippen molar-refractivity contribution in [3.05, 3.63) is 50.7 Å². The topological polar surface area (TPSA) is 25.2 Å². The van der Waals surface area contributed by atoms with Crippen LogP contribution in [0.2, 0.25) is 0 Å². The SMILES string of the molecule is CCN1C(=O)/C(=C\c2cc3c(s2)c2sc(-c4c(C)cc(C)cc4C)cc2n3CC)SC1=S. The molecule has 0 saturated carbocycles. The number of rotatable bonds is 4. The lowest BCUT2D eigenvalue weighted by atomic mass is 9.99. The Balaban J connectivity index is 1.64. The molecule has 1 aliphatic rings. The van der Waals surface area contributed by atoms with E-state index in [1.807, 2.05) is 24.3 Å². The molecule has 32 heavy (non-hydrogen) atoms. The molecule has 0 radical (unpaired) electrons. The van der Waals surface area contributed by atoms with E-state index in [9.17, 15) is 4.79 Å². The minimum Gasteiger partial charge on any atom is -0.339 e. The molecule has 1 aliphatic heterocycles. The fourth-order valence-corrected chi connectivity index (χ4v) is 8.68. The predicted octanol–water partition coefficient (Wildman–Crippen LogP) is 7.75. The summed E-state index contributed by atoms with van der Waals surface area (Å²) in [6.45, 7) is 12.3. The third kappa shape index (κ3) is 3.37. The number of likely N-dealkylation sites (N-methyl/N-ethyl adjacent to an activating group) is 1. The van der Waals surface area contributed by atoms with Gasteiger partial charge in [-0.1, -0.05) is 41.7 Å². The van der Waals surface area contributed by atoms with Gasteiger partial charge in [-0.2, -0.15) is 0 Å². The summed E-state index contributed by atoms with van der Waals surface area (Å²) >= 11 is 10.4. The van der Waals surface area contributed by atoms with E-state index in [1.54, 1.807) is 16.2 Å². The third-order valence-electron chi connectivity index (χ3n) is 5.93. The summed E-state index contributed by atoms with van der Waals surface area (Å²) in [7, 11) is 0. The van der Waals surface area contributed by atoms with Crippen LogP contribution in [-0.4, -0.2) is 26.2 Å². The first-order valence-electron chi connectivity index (χ1n) is 10.7. The molecule has 1 amide bonds. The van der Waals surface area contributed by atoms with Gasteiger partial charge in [0, 0.05) is 22.8 Å². The molecule has 3 nitrogen and oxygen atoms in total. The molecule has 1 aromatic carbocycles. The maximum Gasteiger partial charge on any atom is 0.266 e. The average molecular weight is 497 g/mol. The van der Waals surface area contributed by atoms with Gasteiger partial charge in [-0.15, -0.1) is 22.7 Å². The zero-order chi connectivity index (χ0) is 22.7. The van der Waals surface area contributed by atoms with E-state index in [-0.39, 0.29) is 5.91 Å². The van der Waals surface area contributed by atoms with Gasteiger partial charge in [0.15, 0.2) is 0 Å². The van der Waals surface area contributed by atoms with E-state index >= 15 is 0 Å². The summed E-state index contributed by atoms with van der Waals surface area (Å²) in [5.41, 5.74) is 7.87. The van der Waals surface area contributed by atoms with Crippen molar-refractivity contribution in [2.45, 2.75) is 41.2 Å². The number of carbonyl (C=O) groups is 1. The second-order valence-electron chi connectivity index (χ2n) is 8.13. The highest BCUT2D eigenvalue weighted by molar-refractivity contribution is 8.26. The Bertz CT molecular complexity index is 1430. The molecule has 0 atom stereocenters. The molecule has 4 aromatic rings. The van der Waals surface area contributed by atoms with Crippen molar-refractivity contribution in [2.24, 2.45) is 0 Å². The van der Waals surface area contributed by atoms with Gasteiger partial charge >= 0.3 is 0 Å². The highest BCUT2D eigenvalue weighted by Crippen LogP contribution is 2.45. The van der Waals surface area contributed by atoms with Crippen LogP contribution >= 0.6 is 46.7 Å². The molecule has 1 saturated heterocycles. The zero-order valence-corrected chi connectivity index (χ0v) is 22.0. The van der Waals surface area contributed by atoms with E-state index in [4.69, 9.17) is 12.2 Å². The molecule has 5 rings (SSSR count). The van der Waals surface area contributed by atoms with E-state index < -0.39 is 0 Å². The van der Waals surface area contributed by atoms with Gasteiger partial charge in [-0.25, -0.2) is 0 Å². The number of carbonyl (C=O) groups excluding carboxylic acids is 1. The minimum absolute atomic E-state index is 0.0211. The van der Waals surface area contributed by atoms with Crippen molar-refractivity contribution in [1.29, 1.82) is 0 Å². The lowest BCUT2D eigenvalue weighted by molar-refractivity contribution is -0.121. The number of amides is 1. The van der Waals surface area contributed by atoms with E-state index in [2.05, 4.69) is 56.5 Å². The fourth-order valence-electron chi connectivity index (χ4n) is 4.64. The molecule has 0 N–H and O–H groups in total. The lowest BCUT2D eigenvalue weighted by Crippen LogP contribution is -2.27. The summed E-state index contributed by atoms with van der Waals surface area (Å²) in [6.07, 6.45) is 2.01. The second-order valence-corrected chi connectivity index (χ2v) is 11.9. The van der Waals surface area contributed by atoms with Gasteiger partial charge in [-0.3, -0.25) is 9.69 Å². The van der Waals surface area contributed by atoms with Gasteiger partial charge < -0.3 is 4.57 Å². The monoisotopic (exact) mass is 496 g/mol. The van der Waals surface area contributed by atoms with Crippen LogP contribution in [-0.2, 0) is 11.3 Å². The molecule has 0 aliphatic carbocycles. The molecule has 164 valence electrons. The average Bonchev–Trinajstić information content (AvgIpc) is 3.43. The van der Waals surface area contributed by atoms with Gasteiger partial charge in [-0.05, 0) is 69.5 Å². The molecule has 0 spiro atoms. The maximum atomic E-state index is 12.6. The van der Waals surface area contributed by atoms with Crippen molar-refractivity contribution in [3.63, 3.8) is 0 Å². The third-order valence-corrected chi connectivity index (χ3v) is 9.69. The molecule has 7 heteroatoms. The predicted molar refractivity (Wildman–Crippen MR) is 146 cm³/mol. The molecule has 1 fully saturated rings. The number of aryl methyl sites for hydroxylation is 4. The first kappa shape index (κ1) is 21.9. The van der Waals surface area contributed by atoms with Crippen molar-refractivity contribution in [1.82, 2.24) is 9.47 Å².